The molecule has 1 aliphatic heterocycles. The summed E-state index contributed by atoms with van der Waals surface area (Å²) in [6, 6.07) is 8.43. The van der Waals surface area contributed by atoms with Gasteiger partial charge >= 0.3 is 0 Å². The smallest absolute Gasteiger partial charge is 0.251 e. The first kappa shape index (κ1) is 17.5. The number of hydrogen-bond acceptors (Lipinski definition) is 3. The molecule has 0 aliphatic carbocycles. The van der Waals surface area contributed by atoms with Crippen molar-refractivity contribution in [3.8, 4) is 0 Å². The van der Waals surface area contributed by atoms with Crippen LogP contribution in [0.2, 0.25) is 0 Å². The Morgan fingerprint density at radius 1 is 1.30 bits per heavy atom. The fourth-order valence-corrected chi connectivity index (χ4v) is 2.65. The van der Waals surface area contributed by atoms with Crippen LogP contribution >= 0.6 is 0 Å². The molecule has 1 aromatic rings. The molecule has 1 aromatic carbocycles. The summed E-state index contributed by atoms with van der Waals surface area (Å²) in [4.78, 5) is 24.8. The maximum Gasteiger partial charge on any atom is 0.251 e. The van der Waals surface area contributed by atoms with Crippen LogP contribution in [-0.4, -0.2) is 37.1 Å². The largest absolute Gasteiger partial charge is 0.376 e. The lowest BCUT2D eigenvalue weighted by Crippen LogP contribution is -2.51. The van der Waals surface area contributed by atoms with Crippen LogP contribution in [0, 0.1) is 5.92 Å². The average Bonchev–Trinajstić information content (AvgIpc) is 3.11. The van der Waals surface area contributed by atoms with Gasteiger partial charge in [-0.05, 0) is 30.9 Å². The van der Waals surface area contributed by atoms with Crippen molar-refractivity contribution in [2.45, 2.75) is 45.3 Å². The van der Waals surface area contributed by atoms with Gasteiger partial charge in [0.05, 0.1) is 6.10 Å². The summed E-state index contributed by atoms with van der Waals surface area (Å²) in [5.41, 5.74) is 0.563. The fourth-order valence-electron chi connectivity index (χ4n) is 2.65. The van der Waals surface area contributed by atoms with Crippen LogP contribution in [0.1, 0.15) is 43.5 Å². The third-order valence-corrected chi connectivity index (χ3v) is 4.35. The Labute approximate surface area is 137 Å². The Morgan fingerprint density at radius 3 is 2.65 bits per heavy atom. The second-order valence-corrected chi connectivity index (χ2v) is 6.08. The van der Waals surface area contributed by atoms with Crippen LogP contribution in [-0.2, 0) is 9.53 Å². The highest BCUT2D eigenvalue weighted by molar-refractivity contribution is 5.97. The van der Waals surface area contributed by atoms with Gasteiger partial charge < -0.3 is 15.4 Å². The number of rotatable bonds is 7. The molecule has 0 aromatic heterocycles. The van der Waals surface area contributed by atoms with Crippen LogP contribution in [0.25, 0.3) is 0 Å². The van der Waals surface area contributed by atoms with E-state index < -0.39 is 6.04 Å². The Balaban J connectivity index is 1.95. The lowest BCUT2D eigenvalue weighted by atomic mass is 9.97. The maximum absolute atomic E-state index is 12.5. The van der Waals surface area contributed by atoms with E-state index in [0.717, 1.165) is 25.9 Å². The zero-order chi connectivity index (χ0) is 16.7. The van der Waals surface area contributed by atoms with Gasteiger partial charge in [-0.3, -0.25) is 9.59 Å². The van der Waals surface area contributed by atoms with E-state index in [1.54, 1.807) is 12.1 Å². The first-order valence-corrected chi connectivity index (χ1v) is 8.37. The van der Waals surface area contributed by atoms with Gasteiger partial charge in [0.1, 0.15) is 6.04 Å². The summed E-state index contributed by atoms with van der Waals surface area (Å²) in [7, 11) is 0. The lowest BCUT2D eigenvalue weighted by Gasteiger charge is -2.24. The lowest BCUT2D eigenvalue weighted by molar-refractivity contribution is -0.124. The molecule has 0 spiro atoms. The number of benzene rings is 1. The summed E-state index contributed by atoms with van der Waals surface area (Å²) in [5.74, 6) is -0.297. The normalized spacial score (nSPS) is 19.8. The van der Waals surface area contributed by atoms with Gasteiger partial charge in [0.25, 0.3) is 5.91 Å². The van der Waals surface area contributed by atoms with E-state index in [1.165, 1.54) is 0 Å². The van der Waals surface area contributed by atoms with Crippen molar-refractivity contribution in [2.24, 2.45) is 5.92 Å². The van der Waals surface area contributed by atoms with Crippen molar-refractivity contribution in [1.29, 1.82) is 0 Å². The molecule has 0 bridgehead atoms. The van der Waals surface area contributed by atoms with E-state index in [2.05, 4.69) is 10.6 Å². The second kappa shape index (κ2) is 8.67. The average molecular weight is 318 g/mol. The summed E-state index contributed by atoms with van der Waals surface area (Å²) in [6.45, 7) is 5.26. The summed E-state index contributed by atoms with van der Waals surface area (Å²) >= 11 is 0. The minimum atomic E-state index is -0.533. The molecule has 126 valence electrons. The van der Waals surface area contributed by atoms with Gasteiger partial charge in [0.15, 0.2) is 0 Å². The SMILES string of the molecule is CCC(C)C(NC(=O)c1ccccc1)C(=O)NCC1CCCO1. The van der Waals surface area contributed by atoms with Gasteiger partial charge in [-0.2, -0.15) is 0 Å². The summed E-state index contributed by atoms with van der Waals surface area (Å²) in [6.07, 6.45) is 2.93. The van der Waals surface area contributed by atoms with E-state index in [9.17, 15) is 9.59 Å². The zero-order valence-corrected chi connectivity index (χ0v) is 13.9. The summed E-state index contributed by atoms with van der Waals surface area (Å²) < 4.78 is 5.52. The number of amides is 2. The van der Waals surface area contributed by atoms with Crippen molar-refractivity contribution >= 4 is 11.8 Å². The molecule has 0 saturated carbocycles. The molecule has 5 heteroatoms. The molecular formula is C18H26N2O3. The molecule has 1 heterocycles. The zero-order valence-electron chi connectivity index (χ0n) is 13.9. The number of hydrogen-bond donors (Lipinski definition) is 2. The Hall–Kier alpha value is -1.88. The van der Waals surface area contributed by atoms with Crippen molar-refractivity contribution in [1.82, 2.24) is 10.6 Å². The van der Waals surface area contributed by atoms with E-state index in [0.29, 0.717) is 12.1 Å². The molecule has 23 heavy (non-hydrogen) atoms. The van der Waals surface area contributed by atoms with Crippen LogP contribution < -0.4 is 10.6 Å². The quantitative estimate of drug-likeness (QED) is 0.809. The van der Waals surface area contributed by atoms with Crippen LogP contribution in [0.4, 0.5) is 0 Å². The first-order chi connectivity index (χ1) is 11.1. The van der Waals surface area contributed by atoms with Gasteiger partial charge in [0, 0.05) is 18.7 Å². The van der Waals surface area contributed by atoms with Gasteiger partial charge in [-0.1, -0.05) is 38.5 Å². The van der Waals surface area contributed by atoms with Gasteiger partial charge in [-0.15, -0.1) is 0 Å². The molecule has 5 nitrogen and oxygen atoms in total. The van der Waals surface area contributed by atoms with Crippen LogP contribution in [0.5, 0.6) is 0 Å². The Morgan fingerprint density at radius 2 is 2.04 bits per heavy atom. The predicted octanol–water partition coefficient (Wildman–Crippen LogP) is 2.13. The first-order valence-electron chi connectivity index (χ1n) is 8.37. The van der Waals surface area contributed by atoms with E-state index in [1.807, 2.05) is 32.0 Å². The summed E-state index contributed by atoms with van der Waals surface area (Å²) in [5, 5.41) is 5.79. The van der Waals surface area contributed by atoms with E-state index in [4.69, 9.17) is 4.74 Å². The van der Waals surface area contributed by atoms with Crippen molar-refractivity contribution in [3.05, 3.63) is 35.9 Å². The minimum absolute atomic E-state index is 0.0622. The van der Waals surface area contributed by atoms with Gasteiger partial charge in [-0.25, -0.2) is 0 Å². The van der Waals surface area contributed by atoms with Crippen LogP contribution in [0.3, 0.4) is 0 Å². The van der Waals surface area contributed by atoms with Crippen molar-refractivity contribution in [2.75, 3.05) is 13.2 Å². The topological polar surface area (TPSA) is 67.4 Å². The minimum Gasteiger partial charge on any atom is -0.376 e. The molecule has 2 N–H and O–H groups in total. The molecule has 1 fully saturated rings. The third-order valence-electron chi connectivity index (χ3n) is 4.35. The van der Waals surface area contributed by atoms with Gasteiger partial charge in [0.2, 0.25) is 5.91 Å². The molecule has 3 atom stereocenters. The molecule has 0 radical (unpaired) electrons. The van der Waals surface area contributed by atoms with E-state index in [-0.39, 0.29) is 23.8 Å². The highest BCUT2D eigenvalue weighted by Gasteiger charge is 2.27. The van der Waals surface area contributed by atoms with E-state index >= 15 is 0 Å². The molecule has 2 amide bonds. The van der Waals surface area contributed by atoms with Crippen molar-refractivity contribution in [3.63, 3.8) is 0 Å². The molecular weight excluding hydrogens is 292 g/mol. The molecule has 2 rings (SSSR count). The van der Waals surface area contributed by atoms with Crippen LogP contribution in [0.15, 0.2) is 30.3 Å². The van der Waals surface area contributed by atoms with Crippen molar-refractivity contribution < 1.29 is 14.3 Å². The Bertz CT molecular complexity index is 512. The Kier molecular flexibility index (Phi) is 6.59. The predicted molar refractivity (Wildman–Crippen MR) is 89.1 cm³/mol. The number of carbonyl (C=O) groups excluding carboxylic acids is 2. The molecule has 1 saturated heterocycles. The molecule has 1 aliphatic rings. The number of ether oxygens (including phenoxy) is 1. The molecule has 3 unspecified atom stereocenters. The monoisotopic (exact) mass is 318 g/mol. The fraction of sp³-hybridized carbons (Fsp3) is 0.556. The standard InChI is InChI=1S/C18H26N2O3/c1-3-13(2)16(18(22)19-12-15-10-7-11-23-15)20-17(21)14-8-5-4-6-9-14/h4-6,8-9,13,15-16H,3,7,10-12H2,1-2H3,(H,19,22)(H,20,21). The number of nitrogens with one attached hydrogen (secondary N) is 2. The highest BCUT2D eigenvalue weighted by Crippen LogP contribution is 2.12. The maximum atomic E-state index is 12.5. The number of carbonyl (C=O) groups is 2. The second-order valence-electron chi connectivity index (χ2n) is 6.08. The highest BCUT2D eigenvalue weighted by atomic mass is 16.5. The third kappa shape index (κ3) is 5.06.